The van der Waals surface area contributed by atoms with Gasteiger partial charge in [0.05, 0.1) is 0 Å². The molecule has 21 heavy (non-hydrogen) atoms. The smallest absolute Gasteiger partial charge is 0.274 e. The van der Waals surface area contributed by atoms with E-state index in [2.05, 4.69) is 15.5 Å². The topological polar surface area (TPSA) is 58.1 Å². The predicted molar refractivity (Wildman–Crippen MR) is 81.9 cm³/mol. The summed E-state index contributed by atoms with van der Waals surface area (Å²) in [6, 6.07) is 10.8. The first-order chi connectivity index (χ1) is 10.2. The summed E-state index contributed by atoms with van der Waals surface area (Å²) in [5.74, 6) is 0.549. The molecule has 0 bridgehead atoms. The third-order valence-corrected chi connectivity index (χ3v) is 3.65. The number of rotatable bonds is 3. The normalized spacial score (nSPS) is 14.2. The van der Waals surface area contributed by atoms with E-state index >= 15 is 0 Å². The van der Waals surface area contributed by atoms with Crippen LogP contribution in [-0.2, 0) is 0 Å². The van der Waals surface area contributed by atoms with Gasteiger partial charge in [0.2, 0.25) is 0 Å². The van der Waals surface area contributed by atoms with E-state index in [0.29, 0.717) is 16.5 Å². The van der Waals surface area contributed by atoms with Crippen molar-refractivity contribution >= 4 is 29.0 Å². The number of hydrogen-bond acceptors (Lipinski definition) is 4. The molecule has 0 radical (unpaired) electrons. The summed E-state index contributed by atoms with van der Waals surface area (Å²) in [5.41, 5.74) is 1.26. The number of benzene rings is 1. The first-order valence-electron chi connectivity index (χ1n) is 6.88. The molecular weight excluding hydrogens is 288 g/mol. The SMILES string of the molecule is O=C(c1ccc(Nc2ccc(Cl)cc2)nn1)N1CCCC1. The number of halogens is 1. The molecule has 1 amide bonds. The molecular formula is C15H15ClN4O. The second kappa shape index (κ2) is 6.10. The number of nitrogens with one attached hydrogen (secondary N) is 1. The van der Waals surface area contributed by atoms with Gasteiger partial charge in [0, 0.05) is 23.8 Å². The monoisotopic (exact) mass is 302 g/mol. The Balaban J connectivity index is 1.68. The first kappa shape index (κ1) is 13.8. The average molecular weight is 303 g/mol. The molecule has 1 N–H and O–H groups in total. The maximum absolute atomic E-state index is 12.1. The van der Waals surface area contributed by atoms with Gasteiger partial charge in [0.15, 0.2) is 11.5 Å². The summed E-state index contributed by atoms with van der Waals surface area (Å²) in [5, 5.41) is 11.8. The van der Waals surface area contributed by atoms with Gasteiger partial charge in [-0.25, -0.2) is 0 Å². The van der Waals surface area contributed by atoms with E-state index in [1.807, 2.05) is 17.0 Å². The maximum atomic E-state index is 12.1. The second-order valence-electron chi connectivity index (χ2n) is 4.94. The molecule has 2 heterocycles. The van der Waals surface area contributed by atoms with Crippen LogP contribution in [-0.4, -0.2) is 34.1 Å². The standard InChI is InChI=1S/C15H15ClN4O/c16-11-3-5-12(6-4-11)17-14-8-7-13(18-19-14)15(21)20-9-1-2-10-20/h3-8H,1-2,9-10H2,(H,17,19). The highest BCUT2D eigenvalue weighted by atomic mass is 35.5. The minimum absolute atomic E-state index is 0.0435. The number of anilines is 2. The van der Waals surface area contributed by atoms with Crippen molar-refractivity contribution in [3.05, 3.63) is 47.1 Å². The maximum Gasteiger partial charge on any atom is 0.274 e. The average Bonchev–Trinajstić information content (AvgIpc) is 3.04. The number of nitrogens with zero attached hydrogens (tertiary/aromatic N) is 3. The first-order valence-corrected chi connectivity index (χ1v) is 7.26. The van der Waals surface area contributed by atoms with Crippen LogP contribution in [0.3, 0.4) is 0 Å². The lowest BCUT2D eigenvalue weighted by Gasteiger charge is -2.14. The summed E-state index contributed by atoms with van der Waals surface area (Å²) in [6.07, 6.45) is 2.13. The minimum atomic E-state index is -0.0435. The van der Waals surface area contributed by atoms with E-state index in [0.717, 1.165) is 31.6 Å². The van der Waals surface area contributed by atoms with Crippen LogP contribution in [0.1, 0.15) is 23.3 Å². The Morgan fingerprint density at radius 1 is 1.05 bits per heavy atom. The number of likely N-dealkylation sites (tertiary alicyclic amines) is 1. The van der Waals surface area contributed by atoms with Gasteiger partial charge in [-0.15, -0.1) is 10.2 Å². The Hall–Kier alpha value is -2.14. The molecule has 1 fully saturated rings. The number of amides is 1. The highest BCUT2D eigenvalue weighted by Crippen LogP contribution is 2.17. The van der Waals surface area contributed by atoms with Gasteiger partial charge < -0.3 is 10.2 Å². The van der Waals surface area contributed by atoms with Crippen molar-refractivity contribution in [1.82, 2.24) is 15.1 Å². The fourth-order valence-electron chi connectivity index (χ4n) is 2.28. The van der Waals surface area contributed by atoms with Crippen molar-refractivity contribution in [2.45, 2.75) is 12.8 Å². The quantitative estimate of drug-likeness (QED) is 0.946. The highest BCUT2D eigenvalue weighted by molar-refractivity contribution is 6.30. The summed E-state index contributed by atoms with van der Waals surface area (Å²) in [7, 11) is 0. The Kier molecular flexibility index (Phi) is 4.01. The number of aromatic nitrogens is 2. The van der Waals surface area contributed by atoms with Gasteiger partial charge in [0.25, 0.3) is 5.91 Å². The van der Waals surface area contributed by atoms with Crippen LogP contribution in [0.25, 0.3) is 0 Å². The lowest BCUT2D eigenvalue weighted by Crippen LogP contribution is -2.28. The van der Waals surface area contributed by atoms with E-state index in [-0.39, 0.29) is 5.91 Å². The molecule has 6 heteroatoms. The Morgan fingerprint density at radius 2 is 1.76 bits per heavy atom. The highest BCUT2D eigenvalue weighted by Gasteiger charge is 2.20. The van der Waals surface area contributed by atoms with Crippen LogP contribution < -0.4 is 5.32 Å². The summed E-state index contributed by atoms with van der Waals surface area (Å²) in [4.78, 5) is 14.0. The van der Waals surface area contributed by atoms with Gasteiger partial charge in [-0.05, 0) is 49.2 Å². The summed E-state index contributed by atoms with van der Waals surface area (Å²) < 4.78 is 0. The summed E-state index contributed by atoms with van der Waals surface area (Å²) >= 11 is 5.83. The Bertz CT molecular complexity index is 621. The zero-order chi connectivity index (χ0) is 14.7. The van der Waals surface area contributed by atoms with Crippen molar-refractivity contribution < 1.29 is 4.79 Å². The van der Waals surface area contributed by atoms with E-state index in [1.54, 1.807) is 24.3 Å². The van der Waals surface area contributed by atoms with Gasteiger partial charge in [0.1, 0.15) is 0 Å². The molecule has 1 aliphatic rings. The van der Waals surface area contributed by atoms with Crippen LogP contribution in [0.4, 0.5) is 11.5 Å². The third-order valence-electron chi connectivity index (χ3n) is 3.39. The van der Waals surface area contributed by atoms with Crippen LogP contribution in [0.5, 0.6) is 0 Å². The molecule has 108 valence electrons. The van der Waals surface area contributed by atoms with Crippen molar-refractivity contribution in [1.29, 1.82) is 0 Å². The van der Waals surface area contributed by atoms with Crippen LogP contribution >= 0.6 is 11.6 Å². The van der Waals surface area contributed by atoms with Crippen LogP contribution in [0.15, 0.2) is 36.4 Å². The van der Waals surface area contributed by atoms with Crippen LogP contribution in [0.2, 0.25) is 5.02 Å². The zero-order valence-electron chi connectivity index (χ0n) is 11.4. The molecule has 0 aliphatic carbocycles. The third kappa shape index (κ3) is 3.31. The van der Waals surface area contributed by atoms with Gasteiger partial charge in [-0.3, -0.25) is 4.79 Å². The fraction of sp³-hybridized carbons (Fsp3) is 0.267. The van der Waals surface area contributed by atoms with E-state index in [4.69, 9.17) is 11.6 Å². The number of carbonyl (C=O) groups excluding carboxylic acids is 1. The van der Waals surface area contributed by atoms with Crippen molar-refractivity contribution in [2.24, 2.45) is 0 Å². The Labute approximate surface area is 127 Å². The number of hydrogen-bond donors (Lipinski definition) is 1. The zero-order valence-corrected chi connectivity index (χ0v) is 12.2. The molecule has 0 spiro atoms. The largest absolute Gasteiger partial charge is 0.339 e. The molecule has 0 atom stereocenters. The molecule has 1 aliphatic heterocycles. The molecule has 0 unspecified atom stereocenters. The van der Waals surface area contributed by atoms with Gasteiger partial charge in [-0.1, -0.05) is 11.6 Å². The fourth-order valence-corrected chi connectivity index (χ4v) is 2.40. The molecule has 1 aromatic heterocycles. The molecule has 2 aromatic rings. The van der Waals surface area contributed by atoms with Crippen LogP contribution in [0, 0.1) is 0 Å². The van der Waals surface area contributed by atoms with E-state index < -0.39 is 0 Å². The van der Waals surface area contributed by atoms with Crippen molar-refractivity contribution in [2.75, 3.05) is 18.4 Å². The molecule has 1 aromatic carbocycles. The van der Waals surface area contributed by atoms with E-state index in [1.165, 1.54) is 0 Å². The lowest BCUT2D eigenvalue weighted by atomic mass is 10.3. The molecule has 3 rings (SSSR count). The molecule has 5 nitrogen and oxygen atoms in total. The molecule has 1 saturated heterocycles. The lowest BCUT2D eigenvalue weighted by molar-refractivity contribution is 0.0786. The predicted octanol–water partition coefficient (Wildman–Crippen LogP) is 3.11. The van der Waals surface area contributed by atoms with Crippen molar-refractivity contribution in [3.63, 3.8) is 0 Å². The second-order valence-corrected chi connectivity index (χ2v) is 5.37. The minimum Gasteiger partial charge on any atom is -0.339 e. The summed E-state index contributed by atoms with van der Waals surface area (Å²) in [6.45, 7) is 1.62. The van der Waals surface area contributed by atoms with Crippen molar-refractivity contribution in [3.8, 4) is 0 Å². The van der Waals surface area contributed by atoms with Gasteiger partial charge in [-0.2, -0.15) is 0 Å². The van der Waals surface area contributed by atoms with E-state index in [9.17, 15) is 4.79 Å². The molecule has 0 saturated carbocycles. The van der Waals surface area contributed by atoms with Gasteiger partial charge >= 0.3 is 0 Å². The number of carbonyl (C=O) groups is 1. The Morgan fingerprint density at radius 3 is 2.38 bits per heavy atom.